The fourth-order valence-electron chi connectivity index (χ4n) is 3.03. The van der Waals surface area contributed by atoms with E-state index in [1.807, 2.05) is 18.7 Å². The van der Waals surface area contributed by atoms with Gasteiger partial charge in [-0.15, -0.1) is 0 Å². The maximum atomic E-state index is 12.5. The van der Waals surface area contributed by atoms with Crippen LogP contribution in [0.1, 0.15) is 42.3 Å². The van der Waals surface area contributed by atoms with Gasteiger partial charge < -0.3 is 9.42 Å². The minimum atomic E-state index is 0.0968. The van der Waals surface area contributed by atoms with E-state index in [2.05, 4.69) is 15.2 Å². The van der Waals surface area contributed by atoms with Crippen molar-refractivity contribution in [3.8, 4) is 0 Å². The van der Waals surface area contributed by atoms with E-state index in [0.29, 0.717) is 13.0 Å². The molecular weight excluding hydrogens is 270 g/mol. The molecule has 3 heterocycles. The Bertz CT molecular complexity index is 600. The summed E-state index contributed by atoms with van der Waals surface area (Å²) in [5, 5.41) is 8.03. The van der Waals surface area contributed by atoms with E-state index in [0.717, 1.165) is 36.4 Å². The predicted octanol–water partition coefficient (Wildman–Crippen LogP) is 1.64. The number of likely N-dealkylation sites (tertiary alicyclic amines) is 1. The highest BCUT2D eigenvalue weighted by atomic mass is 16.5. The number of hydrogen-bond donors (Lipinski definition) is 0. The molecule has 1 saturated heterocycles. The molecule has 1 aliphatic heterocycles. The average Bonchev–Trinajstić information content (AvgIpc) is 3.18. The zero-order valence-corrected chi connectivity index (χ0v) is 12.3. The molecule has 1 amide bonds. The summed E-state index contributed by atoms with van der Waals surface area (Å²) in [6, 6.07) is 0.0968. The molecule has 1 fully saturated rings. The van der Waals surface area contributed by atoms with Crippen molar-refractivity contribution in [2.24, 2.45) is 0 Å². The molecule has 0 radical (unpaired) electrons. The molecule has 0 saturated carbocycles. The Morgan fingerprint density at radius 1 is 1.48 bits per heavy atom. The van der Waals surface area contributed by atoms with Gasteiger partial charge in [-0.3, -0.25) is 9.48 Å². The van der Waals surface area contributed by atoms with Crippen molar-refractivity contribution >= 4 is 5.91 Å². The van der Waals surface area contributed by atoms with Crippen molar-refractivity contribution < 1.29 is 9.32 Å². The molecule has 0 unspecified atom stereocenters. The maximum absolute atomic E-state index is 12.5. The number of aromatic nitrogens is 4. The van der Waals surface area contributed by atoms with Crippen molar-refractivity contribution in [1.82, 2.24) is 24.8 Å². The highest BCUT2D eigenvalue weighted by Crippen LogP contribution is 2.35. The first-order valence-electron chi connectivity index (χ1n) is 7.21. The van der Waals surface area contributed by atoms with Crippen molar-refractivity contribution in [1.29, 1.82) is 0 Å². The monoisotopic (exact) mass is 289 g/mol. The van der Waals surface area contributed by atoms with Crippen LogP contribution in [0.25, 0.3) is 0 Å². The number of aryl methyl sites for hydroxylation is 3. The molecule has 0 bridgehead atoms. The van der Waals surface area contributed by atoms with Gasteiger partial charge in [-0.2, -0.15) is 5.10 Å². The zero-order valence-electron chi connectivity index (χ0n) is 12.3. The Kier molecular flexibility index (Phi) is 3.72. The first kappa shape index (κ1) is 13.8. The molecule has 2 aromatic heterocycles. The lowest BCUT2D eigenvalue weighted by Gasteiger charge is -2.24. The van der Waals surface area contributed by atoms with E-state index < -0.39 is 0 Å². The van der Waals surface area contributed by atoms with Gasteiger partial charge in [-0.25, -0.2) is 4.98 Å². The molecule has 0 aliphatic carbocycles. The molecule has 1 atom stereocenters. The second-order valence-electron chi connectivity index (χ2n) is 5.39. The first-order chi connectivity index (χ1) is 10.2. The smallest absolute Gasteiger partial charge is 0.224 e. The molecule has 0 spiro atoms. The summed E-state index contributed by atoms with van der Waals surface area (Å²) in [6.45, 7) is 5.20. The molecule has 2 aromatic rings. The second kappa shape index (κ2) is 5.67. The van der Waals surface area contributed by atoms with Crippen molar-refractivity contribution in [3.63, 3.8) is 0 Å². The van der Waals surface area contributed by atoms with Crippen LogP contribution in [0.5, 0.6) is 0 Å². The van der Waals surface area contributed by atoms with Crippen LogP contribution in [0.4, 0.5) is 0 Å². The summed E-state index contributed by atoms with van der Waals surface area (Å²) >= 11 is 0. The average molecular weight is 289 g/mol. The topological polar surface area (TPSA) is 77.0 Å². The first-order valence-corrected chi connectivity index (χ1v) is 7.21. The van der Waals surface area contributed by atoms with E-state index in [1.165, 1.54) is 6.33 Å². The number of hydrogen-bond acceptors (Lipinski definition) is 5. The number of carbonyl (C=O) groups excluding carboxylic acids is 1. The molecule has 0 aromatic carbocycles. The van der Waals surface area contributed by atoms with Gasteiger partial charge in [0.2, 0.25) is 5.91 Å². The number of amides is 1. The molecule has 7 heteroatoms. The van der Waals surface area contributed by atoms with Crippen LogP contribution in [-0.2, 0) is 11.3 Å². The Labute approximate surface area is 122 Å². The lowest BCUT2D eigenvalue weighted by molar-refractivity contribution is -0.132. The zero-order chi connectivity index (χ0) is 14.8. The largest absolute Gasteiger partial charge is 0.361 e. The Hall–Kier alpha value is -2.18. The minimum absolute atomic E-state index is 0.0968. The third-order valence-corrected chi connectivity index (χ3v) is 4.02. The standard InChI is InChI=1S/C14H19N5O2/c1-10-14(11(2)21-17-10)12-4-3-6-19(12)13(20)5-7-18-9-15-8-16-18/h8-9,12H,3-7H2,1-2H3/t12-/m0/s1. The van der Waals surface area contributed by atoms with Crippen LogP contribution in [0.15, 0.2) is 17.2 Å². The molecule has 112 valence electrons. The van der Waals surface area contributed by atoms with Gasteiger partial charge in [0, 0.05) is 18.5 Å². The normalized spacial score (nSPS) is 18.4. The summed E-state index contributed by atoms with van der Waals surface area (Å²) < 4.78 is 6.92. The third-order valence-electron chi connectivity index (χ3n) is 4.02. The van der Waals surface area contributed by atoms with Gasteiger partial charge in [0.15, 0.2) is 0 Å². The van der Waals surface area contributed by atoms with Crippen molar-refractivity contribution in [2.75, 3.05) is 6.54 Å². The van der Waals surface area contributed by atoms with Crippen LogP contribution >= 0.6 is 0 Å². The number of nitrogens with zero attached hydrogens (tertiary/aromatic N) is 5. The number of rotatable bonds is 4. The lowest BCUT2D eigenvalue weighted by atomic mass is 10.0. The van der Waals surface area contributed by atoms with Gasteiger partial charge in [0.25, 0.3) is 0 Å². The van der Waals surface area contributed by atoms with E-state index in [-0.39, 0.29) is 11.9 Å². The molecule has 7 nitrogen and oxygen atoms in total. The predicted molar refractivity (Wildman–Crippen MR) is 74.3 cm³/mol. The van der Waals surface area contributed by atoms with Crippen LogP contribution in [0.2, 0.25) is 0 Å². The third kappa shape index (κ3) is 2.68. The SMILES string of the molecule is Cc1noc(C)c1[C@@H]1CCCN1C(=O)CCn1cncn1. The van der Waals surface area contributed by atoms with Crippen molar-refractivity contribution in [3.05, 3.63) is 29.7 Å². The molecule has 0 N–H and O–H groups in total. The summed E-state index contributed by atoms with van der Waals surface area (Å²) in [5.74, 6) is 0.960. The van der Waals surface area contributed by atoms with Crippen LogP contribution in [-0.4, -0.2) is 37.3 Å². The minimum Gasteiger partial charge on any atom is -0.361 e. The summed E-state index contributed by atoms with van der Waals surface area (Å²) in [5.41, 5.74) is 1.95. The quantitative estimate of drug-likeness (QED) is 0.855. The highest BCUT2D eigenvalue weighted by Gasteiger charge is 2.33. The number of carbonyl (C=O) groups is 1. The molecular formula is C14H19N5O2. The van der Waals surface area contributed by atoms with Gasteiger partial charge in [-0.05, 0) is 26.7 Å². The second-order valence-corrected chi connectivity index (χ2v) is 5.39. The maximum Gasteiger partial charge on any atom is 0.224 e. The van der Waals surface area contributed by atoms with Gasteiger partial charge in [0.1, 0.15) is 18.4 Å². The fraction of sp³-hybridized carbons (Fsp3) is 0.571. The fourth-order valence-corrected chi connectivity index (χ4v) is 3.03. The summed E-state index contributed by atoms with van der Waals surface area (Å²) in [4.78, 5) is 18.3. The van der Waals surface area contributed by atoms with Gasteiger partial charge >= 0.3 is 0 Å². The van der Waals surface area contributed by atoms with Crippen LogP contribution in [0, 0.1) is 13.8 Å². The van der Waals surface area contributed by atoms with Gasteiger partial charge in [0.05, 0.1) is 18.3 Å². The van der Waals surface area contributed by atoms with Crippen molar-refractivity contribution in [2.45, 2.75) is 45.7 Å². The Balaban J connectivity index is 1.70. The van der Waals surface area contributed by atoms with E-state index >= 15 is 0 Å². The molecule has 1 aliphatic rings. The van der Waals surface area contributed by atoms with Gasteiger partial charge in [-0.1, -0.05) is 5.16 Å². The molecule has 3 rings (SSSR count). The van der Waals surface area contributed by atoms with E-state index in [1.54, 1.807) is 11.0 Å². The van der Waals surface area contributed by atoms with Crippen LogP contribution < -0.4 is 0 Å². The van der Waals surface area contributed by atoms with E-state index in [9.17, 15) is 4.79 Å². The lowest BCUT2D eigenvalue weighted by Crippen LogP contribution is -2.31. The van der Waals surface area contributed by atoms with Crippen LogP contribution in [0.3, 0.4) is 0 Å². The summed E-state index contributed by atoms with van der Waals surface area (Å²) in [6.07, 6.45) is 5.53. The highest BCUT2D eigenvalue weighted by molar-refractivity contribution is 5.77. The molecule has 21 heavy (non-hydrogen) atoms. The summed E-state index contributed by atoms with van der Waals surface area (Å²) in [7, 11) is 0. The Morgan fingerprint density at radius 3 is 3.00 bits per heavy atom. The van der Waals surface area contributed by atoms with E-state index in [4.69, 9.17) is 4.52 Å². The Morgan fingerprint density at radius 2 is 2.33 bits per heavy atom.